The van der Waals surface area contributed by atoms with Crippen molar-refractivity contribution in [1.29, 1.82) is 0 Å². The largest absolute Gasteiger partial charge is 0.369 e. The Balaban J connectivity index is 1.88. The van der Waals surface area contributed by atoms with E-state index in [2.05, 4.69) is 4.98 Å². The Morgan fingerprint density at radius 2 is 2.22 bits per heavy atom. The molecule has 1 aromatic heterocycles. The number of nitrogens with zero attached hydrogens (tertiary/aromatic N) is 2. The van der Waals surface area contributed by atoms with Crippen LogP contribution in [-0.4, -0.2) is 9.55 Å². The summed E-state index contributed by atoms with van der Waals surface area (Å²) < 4.78 is 15.4. The van der Waals surface area contributed by atoms with Gasteiger partial charge in [0, 0.05) is 12.6 Å². The zero-order chi connectivity index (χ0) is 12.7. The molecule has 1 aromatic carbocycles. The maximum absolute atomic E-state index is 13.5. The Morgan fingerprint density at radius 3 is 2.94 bits per heavy atom. The van der Waals surface area contributed by atoms with Gasteiger partial charge in [-0.05, 0) is 24.8 Å². The number of hydrogen-bond donors (Lipinski definition) is 1. The molecule has 0 saturated heterocycles. The van der Waals surface area contributed by atoms with Crippen LogP contribution in [0, 0.1) is 11.7 Å². The minimum atomic E-state index is -0.424. The molecule has 0 amide bonds. The summed E-state index contributed by atoms with van der Waals surface area (Å²) in [6.07, 6.45) is 4.98. The molecular formula is C13H15ClFN3. The van der Waals surface area contributed by atoms with E-state index in [0.29, 0.717) is 11.5 Å². The van der Waals surface area contributed by atoms with Crippen LogP contribution in [-0.2, 0) is 6.54 Å². The Hall–Kier alpha value is -1.29. The molecule has 1 saturated carbocycles. The first-order valence-corrected chi connectivity index (χ1v) is 6.63. The molecule has 0 bridgehead atoms. The van der Waals surface area contributed by atoms with Crippen LogP contribution in [0.4, 0.5) is 10.3 Å². The van der Waals surface area contributed by atoms with Gasteiger partial charge < -0.3 is 10.3 Å². The van der Waals surface area contributed by atoms with Crippen LogP contribution in [0.5, 0.6) is 0 Å². The fraction of sp³-hybridized carbons (Fsp3) is 0.462. The molecule has 2 N–H and O–H groups in total. The zero-order valence-corrected chi connectivity index (χ0v) is 10.8. The van der Waals surface area contributed by atoms with Gasteiger partial charge in [-0.25, -0.2) is 9.37 Å². The van der Waals surface area contributed by atoms with Crippen molar-refractivity contribution in [3.8, 4) is 0 Å². The van der Waals surface area contributed by atoms with Crippen LogP contribution < -0.4 is 5.73 Å². The average molecular weight is 268 g/mol. The van der Waals surface area contributed by atoms with Gasteiger partial charge in [-0.2, -0.15) is 0 Å². The number of aryl methyl sites for hydroxylation is 1. The quantitative estimate of drug-likeness (QED) is 0.920. The maximum atomic E-state index is 13.5. The summed E-state index contributed by atoms with van der Waals surface area (Å²) in [4.78, 5) is 4.22. The summed E-state index contributed by atoms with van der Waals surface area (Å²) >= 11 is 5.74. The number of anilines is 1. The van der Waals surface area contributed by atoms with Gasteiger partial charge in [0.2, 0.25) is 5.95 Å². The summed E-state index contributed by atoms with van der Waals surface area (Å²) in [7, 11) is 0. The van der Waals surface area contributed by atoms with Gasteiger partial charge in [0.15, 0.2) is 0 Å². The third-order valence-corrected chi connectivity index (χ3v) is 3.80. The first kappa shape index (κ1) is 11.8. The summed E-state index contributed by atoms with van der Waals surface area (Å²) in [5.74, 6) is 0.905. The highest BCUT2D eigenvalue weighted by atomic mass is 35.5. The van der Waals surface area contributed by atoms with Crippen molar-refractivity contribution < 1.29 is 4.39 Å². The highest BCUT2D eigenvalue weighted by Crippen LogP contribution is 2.34. The van der Waals surface area contributed by atoms with Crippen molar-refractivity contribution >= 4 is 28.6 Å². The molecule has 3 rings (SSSR count). The lowest BCUT2D eigenvalue weighted by Crippen LogP contribution is -2.03. The number of aromatic nitrogens is 2. The Labute approximate surface area is 110 Å². The molecule has 1 aliphatic carbocycles. The number of nitrogen functional groups attached to an aromatic ring is 1. The molecule has 5 heteroatoms. The van der Waals surface area contributed by atoms with E-state index in [1.165, 1.54) is 31.4 Å². The fourth-order valence-electron chi connectivity index (χ4n) is 2.32. The van der Waals surface area contributed by atoms with Gasteiger partial charge in [-0.1, -0.05) is 24.4 Å². The van der Waals surface area contributed by atoms with E-state index in [1.807, 2.05) is 4.57 Å². The first-order valence-electron chi connectivity index (χ1n) is 6.26. The molecule has 18 heavy (non-hydrogen) atoms. The molecule has 0 radical (unpaired) electrons. The number of halogens is 2. The van der Waals surface area contributed by atoms with E-state index in [4.69, 9.17) is 17.3 Å². The lowest BCUT2D eigenvalue weighted by Gasteiger charge is -2.06. The van der Waals surface area contributed by atoms with Crippen molar-refractivity contribution in [2.75, 3.05) is 5.73 Å². The lowest BCUT2D eigenvalue weighted by molar-refractivity contribution is 0.588. The van der Waals surface area contributed by atoms with Gasteiger partial charge in [0.05, 0.1) is 16.1 Å². The second-order valence-corrected chi connectivity index (χ2v) is 5.37. The molecule has 2 aromatic rings. The minimum Gasteiger partial charge on any atom is -0.369 e. The third kappa shape index (κ3) is 2.17. The van der Waals surface area contributed by atoms with E-state index in [-0.39, 0.29) is 5.02 Å². The lowest BCUT2D eigenvalue weighted by atomic mass is 10.2. The topological polar surface area (TPSA) is 43.8 Å². The summed E-state index contributed by atoms with van der Waals surface area (Å²) in [5, 5.41) is 0.0881. The number of hydrogen-bond acceptors (Lipinski definition) is 2. The fourth-order valence-corrected chi connectivity index (χ4v) is 2.48. The monoisotopic (exact) mass is 267 g/mol. The van der Waals surface area contributed by atoms with Crippen molar-refractivity contribution in [1.82, 2.24) is 9.55 Å². The maximum Gasteiger partial charge on any atom is 0.201 e. The van der Waals surface area contributed by atoms with Gasteiger partial charge in [-0.15, -0.1) is 0 Å². The zero-order valence-electron chi connectivity index (χ0n) is 10.00. The van der Waals surface area contributed by atoms with Crippen molar-refractivity contribution in [2.24, 2.45) is 5.92 Å². The predicted octanol–water partition coefficient (Wildman–Crippen LogP) is 3.60. The standard InChI is InChI=1S/C13H15ClFN3/c14-9-6-11-12(7-10(9)15)18(13(16)17-11)5-1-2-8-3-4-8/h6-8H,1-5H2,(H2,16,17). The summed E-state index contributed by atoms with van der Waals surface area (Å²) in [6.45, 7) is 0.792. The Morgan fingerprint density at radius 1 is 1.44 bits per heavy atom. The van der Waals surface area contributed by atoms with E-state index in [0.717, 1.165) is 24.4 Å². The SMILES string of the molecule is Nc1nc2cc(Cl)c(F)cc2n1CCCC1CC1. The van der Waals surface area contributed by atoms with E-state index >= 15 is 0 Å². The van der Waals surface area contributed by atoms with Gasteiger partial charge in [0.1, 0.15) is 5.82 Å². The van der Waals surface area contributed by atoms with Crippen LogP contribution in [0.15, 0.2) is 12.1 Å². The van der Waals surface area contributed by atoms with Gasteiger partial charge >= 0.3 is 0 Å². The van der Waals surface area contributed by atoms with Crippen LogP contribution in [0.25, 0.3) is 11.0 Å². The summed E-state index contributed by atoms with van der Waals surface area (Å²) in [5.41, 5.74) is 7.26. The van der Waals surface area contributed by atoms with E-state index in [1.54, 1.807) is 0 Å². The predicted molar refractivity (Wildman–Crippen MR) is 71.1 cm³/mol. The van der Waals surface area contributed by atoms with Crippen LogP contribution >= 0.6 is 11.6 Å². The molecule has 1 aliphatic rings. The number of nitrogens with two attached hydrogens (primary N) is 1. The molecule has 0 spiro atoms. The Kier molecular flexibility index (Phi) is 2.90. The van der Waals surface area contributed by atoms with Crippen LogP contribution in [0.2, 0.25) is 5.02 Å². The number of fused-ring (bicyclic) bond motifs is 1. The molecule has 1 heterocycles. The highest BCUT2D eigenvalue weighted by molar-refractivity contribution is 6.31. The third-order valence-electron chi connectivity index (χ3n) is 3.51. The van der Waals surface area contributed by atoms with Gasteiger partial charge in [-0.3, -0.25) is 0 Å². The van der Waals surface area contributed by atoms with Crippen molar-refractivity contribution in [3.05, 3.63) is 23.0 Å². The van der Waals surface area contributed by atoms with Gasteiger partial charge in [0.25, 0.3) is 0 Å². The molecular weight excluding hydrogens is 253 g/mol. The molecule has 96 valence electrons. The minimum absolute atomic E-state index is 0.0881. The Bertz CT molecular complexity index is 589. The number of benzene rings is 1. The van der Waals surface area contributed by atoms with Crippen LogP contribution in [0.3, 0.4) is 0 Å². The molecule has 0 aliphatic heterocycles. The average Bonchev–Trinajstić information content (AvgIpc) is 3.09. The molecule has 0 unspecified atom stereocenters. The first-order chi connectivity index (χ1) is 8.65. The number of rotatable bonds is 4. The van der Waals surface area contributed by atoms with Crippen molar-refractivity contribution in [2.45, 2.75) is 32.2 Å². The second-order valence-electron chi connectivity index (χ2n) is 4.96. The molecule has 1 fully saturated rings. The van der Waals surface area contributed by atoms with Crippen molar-refractivity contribution in [3.63, 3.8) is 0 Å². The smallest absolute Gasteiger partial charge is 0.201 e. The number of imidazole rings is 1. The second kappa shape index (κ2) is 4.43. The normalized spacial score (nSPS) is 15.4. The summed E-state index contributed by atoms with van der Waals surface area (Å²) in [6, 6.07) is 2.94. The van der Waals surface area contributed by atoms with E-state index < -0.39 is 5.82 Å². The molecule has 0 atom stereocenters. The van der Waals surface area contributed by atoms with Crippen LogP contribution in [0.1, 0.15) is 25.7 Å². The highest BCUT2D eigenvalue weighted by Gasteiger charge is 2.20. The van der Waals surface area contributed by atoms with E-state index in [9.17, 15) is 4.39 Å². The molecule has 3 nitrogen and oxygen atoms in total.